The highest BCUT2D eigenvalue weighted by Crippen LogP contribution is 2.33. The van der Waals surface area contributed by atoms with E-state index in [9.17, 15) is 10.2 Å². The molecule has 6 heteroatoms. The molecule has 2 heterocycles. The second-order valence-corrected chi connectivity index (χ2v) is 6.50. The van der Waals surface area contributed by atoms with Gasteiger partial charge < -0.3 is 15.5 Å². The molecule has 24 heavy (non-hydrogen) atoms. The number of nitrogens with one attached hydrogen (secondary N) is 1. The van der Waals surface area contributed by atoms with Gasteiger partial charge in [0.2, 0.25) is 0 Å². The molecule has 3 rings (SSSR count). The highest BCUT2D eigenvalue weighted by Gasteiger charge is 2.28. The molecule has 1 aromatic heterocycles. The Bertz CT molecular complexity index is 723. The summed E-state index contributed by atoms with van der Waals surface area (Å²) in [6.45, 7) is 0. The van der Waals surface area contributed by atoms with E-state index in [1.165, 1.54) is 6.20 Å². The van der Waals surface area contributed by atoms with Crippen molar-refractivity contribution in [1.82, 2.24) is 10.3 Å². The largest absolute Gasteiger partial charge is 0.811 e. The van der Waals surface area contributed by atoms with Crippen LogP contribution in [0.4, 0.5) is 0 Å². The van der Waals surface area contributed by atoms with E-state index in [1.54, 1.807) is 31.5 Å². The SMILES string of the molecule is COC1=CC=C(C(=O)Cc2ccncc2Cl)C(CC(=[N-])C2CC2)N1. The van der Waals surface area contributed by atoms with Gasteiger partial charge in [0.05, 0.1) is 18.2 Å². The number of nitrogens with zero attached hydrogens (tertiary/aromatic N) is 2. The Balaban J connectivity index is 1.77. The Labute approximate surface area is 146 Å². The molecule has 1 fully saturated rings. The molecular weight excluding hydrogens is 326 g/mol. The first-order valence-electron chi connectivity index (χ1n) is 7.97. The van der Waals surface area contributed by atoms with Crippen LogP contribution < -0.4 is 5.32 Å². The molecule has 1 atom stereocenters. The fourth-order valence-corrected chi connectivity index (χ4v) is 2.96. The number of ether oxygens (including phenoxy) is 1. The van der Waals surface area contributed by atoms with Gasteiger partial charge in [-0.3, -0.25) is 9.78 Å². The first-order valence-corrected chi connectivity index (χ1v) is 8.35. The van der Waals surface area contributed by atoms with Crippen molar-refractivity contribution in [2.24, 2.45) is 5.92 Å². The molecule has 0 saturated heterocycles. The van der Waals surface area contributed by atoms with Gasteiger partial charge in [0.25, 0.3) is 0 Å². The third-order valence-electron chi connectivity index (χ3n) is 4.32. The summed E-state index contributed by atoms with van der Waals surface area (Å²) in [4.78, 5) is 16.7. The van der Waals surface area contributed by atoms with Crippen LogP contribution in [-0.4, -0.2) is 29.6 Å². The summed E-state index contributed by atoms with van der Waals surface area (Å²) in [7, 11) is 1.57. The number of dihydropyridines is 1. The number of carbonyl (C=O) groups is 1. The van der Waals surface area contributed by atoms with E-state index in [2.05, 4.69) is 10.3 Å². The topological polar surface area (TPSA) is 73.5 Å². The Morgan fingerprint density at radius 3 is 2.92 bits per heavy atom. The van der Waals surface area contributed by atoms with E-state index in [4.69, 9.17) is 16.3 Å². The van der Waals surface area contributed by atoms with Gasteiger partial charge in [0.1, 0.15) is 0 Å². The molecular formula is C18H19ClN3O2-. The van der Waals surface area contributed by atoms with Gasteiger partial charge in [0.15, 0.2) is 11.7 Å². The highest BCUT2D eigenvalue weighted by atomic mass is 35.5. The van der Waals surface area contributed by atoms with Crippen LogP contribution in [0, 0.1) is 5.92 Å². The van der Waals surface area contributed by atoms with Gasteiger partial charge in [-0.1, -0.05) is 11.6 Å². The van der Waals surface area contributed by atoms with E-state index < -0.39 is 0 Å². The van der Waals surface area contributed by atoms with Crippen molar-refractivity contribution in [2.75, 3.05) is 7.11 Å². The quantitative estimate of drug-likeness (QED) is 0.771. The number of allylic oxidation sites excluding steroid dienone is 2. The number of halogens is 1. The monoisotopic (exact) mass is 344 g/mol. The van der Waals surface area contributed by atoms with E-state index in [-0.39, 0.29) is 24.2 Å². The Kier molecular flexibility index (Phi) is 5.00. The van der Waals surface area contributed by atoms with Gasteiger partial charge in [-0.2, -0.15) is 5.71 Å². The minimum atomic E-state index is -0.293. The second-order valence-electron chi connectivity index (χ2n) is 6.09. The van der Waals surface area contributed by atoms with Crippen LogP contribution in [0.2, 0.25) is 5.02 Å². The zero-order valence-corrected chi connectivity index (χ0v) is 14.2. The normalized spacial score (nSPS) is 19.8. The summed E-state index contributed by atoms with van der Waals surface area (Å²) < 4.78 is 5.22. The Morgan fingerprint density at radius 2 is 2.25 bits per heavy atom. The number of aromatic nitrogens is 1. The lowest BCUT2D eigenvalue weighted by molar-refractivity contribution is -0.115. The van der Waals surface area contributed by atoms with Crippen molar-refractivity contribution in [2.45, 2.75) is 31.7 Å². The molecule has 0 aromatic carbocycles. The number of Topliss-reactive ketones (excluding diaryl/α,β-unsaturated/α-hetero) is 1. The predicted octanol–water partition coefficient (Wildman–Crippen LogP) is 3.04. The number of rotatable bonds is 7. The van der Waals surface area contributed by atoms with Gasteiger partial charge in [-0.25, -0.2) is 0 Å². The minimum Gasteiger partial charge on any atom is -0.811 e. The third kappa shape index (κ3) is 3.85. The summed E-state index contributed by atoms with van der Waals surface area (Å²) in [6, 6.07) is 1.45. The van der Waals surface area contributed by atoms with E-state index >= 15 is 0 Å². The average Bonchev–Trinajstić information content (AvgIpc) is 3.41. The molecule has 1 aliphatic carbocycles. The van der Waals surface area contributed by atoms with Crippen molar-refractivity contribution in [3.63, 3.8) is 0 Å². The third-order valence-corrected chi connectivity index (χ3v) is 4.66. The molecule has 1 aliphatic heterocycles. The maximum atomic E-state index is 12.7. The fraction of sp³-hybridized carbons (Fsp3) is 0.389. The van der Waals surface area contributed by atoms with Crippen molar-refractivity contribution >= 4 is 23.1 Å². The number of hydrogen-bond donors (Lipinski definition) is 1. The summed E-state index contributed by atoms with van der Waals surface area (Å²) in [6.07, 6.45) is 9.29. The average molecular weight is 345 g/mol. The molecule has 0 bridgehead atoms. The maximum Gasteiger partial charge on any atom is 0.186 e. The van der Waals surface area contributed by atoms with E-state index in [0.717, 1.165) is 18.4 Å². The molecule has 2 aliphatic rings. The van der Waals surface area contributed by atoms with Crippen molar-refractivity contribution < 1.29 is 9.53 Å². The van der Waals surface area contributed by atoms with Crippen LogP contribution in [0.1, 0.15) is 24.8 Å². The number of ketones is 1. The summed E-state index contributed by atoms with van der Waals surface area (Å²) in [5, 5.41) is 13.8. The van der Waals surface area contributed by atoms with Crippen LogP contribution >= 0.6 is 11.6 Å². The van der Waals surface area contributed by atoms with Crippen LogP contribution in [0.5, 0.6) is 0 Å². The summed E-state index contributed by atoms with van der Waals surface area (Å²) in [5.41, 5.74) is 1.81. The molecule has 1 aromatic rings. The predicted molar refractivity (Wildman–Crippen MR) is 93.8 cm³/mol. The summed E-state index contributed by atoms with van der Waals surface area (Å²) in [5.74, 6) is 0.826. The molecule has 1 N–H and O–H groups in total. The van der Waals surface area contributed by atoms with Crippen LogP contribution in [-0.2, 0) is 16.0 Å². The lowest BCUT2D eigenvalue weighted by Gasteiger charge is -2.28. The van der Waals surface area contributed by atoms with Crippen molar-refractivity contribution in [3.05, 3.63) is 58.1 Å². The number of hydrogen-bond acceptors (Lipinski definition) is 4. The zero-order chi connectivity index (χ0) is 17.1. The number of methoxy groups -OCH3 is 1. The van der Waals surface area contributed by atoms with Gasteiger partial charge in [0, 0.05) is 24.4 Å². The van der Waals surface area contributed by atoms with Crippen molar-refractivity contribution in [3.8, 4) is 0 Å². The standard InChI is InChI=1S/C18H19ClN3O2/c1-24-18-5-4-13(16(22-18)9-15(20)11-2-3-11)17(23)8-12-6-7-21-10-14(12)19/h4-7,10-11,16,22H,2-3,8-9H2,1H3/q-1. The van der Waals surface area contributed by atoms with E-state index in [1.807, 2.05) is 0 Å². The maximum absolute atomic E-state index is 12.7. The molecule has 5 nitrogen and oxygen atoms in total. The molecule has 1 saturated carbocycles. The smallest absolute Gasteiger partial charge is 0.186 e. The summed E-state index contributed by atoms with van der Waals surface area (Å²) >= 11 is 6.10. The molecule has 126 valence electrons. The second kappa shape index (κ2) is 7.18. The first kappa shape index (κ1) is 16.7. The fourth-order valence-electron chi connectivity index (χ4n) is 2.77. The molecule has 0 amide bonds. The van der Waals surface area contributed by atoms with Gasteiger partial charge in [-0.05, 0) is 49.0 Å². The van der Waals surface area contributed by atoms with Crippen LogP contribution in [0.15, 0.2) is 42.1 Å². The van der Waals surface area contributed by atoms with Crippen molar-refractivity contribution in [1.29, 1.82) is 0 Å². The van der Waals surface area contributed by atoms with Gasteiger partial charge in [-0.15, -0.1) is 0 Å². The van der Waals surface area contributed by atoms with Crippen LogP contribution in [0.3, 0.4) is 0 Å². The Hall–Kier alpha value is -2.14. The number of carbonyl (C=O) groups excluding carboxylic acids is 1. The van der Waals surface area contributed by atoms with Crippen LogP contribution in [0.25, 0.3) is 5.41 Å². The minimum absolute atomic E-state index is 0.0319. The highest BCUT2D eigenvalue weighted by molar-refractivity contribution is 6.31. The zero-order valence-electron chi connectivity index (χ0n) is 13.5. The lowest BCUT2D eigenvalue weighted by Crippen LogP contribution is -2.38. The Morgan fingerprint density at radius 1 is 1.46 bits per heavy atom. The lowest BCUT2D eigenvalue weighted by atomic mass is 9.91. The number of pyridine rings is 1. The van der Waals surface area contributed by atoms with E-state index in [0.29, 0.717) is 28.6 Å². The molecule has 0 radical (unpaired) electrons. The first-order chi connectivity index (χ1) is 11.6. The van der Waals surface area contributed by atoms with Gasteiger partial charge >= 0.3 is 0 Å². The molecule has 0 spiro atoms. The molecule has 1 unspecified atom stereocenters.